The highest BCUT2D eigenvalue weighted by molar-refractivity contribution is 6.07. The third-order valence-corrected chi connectivity index (χ3v) is 7.87. The Kier molecular flexibility index (Phi) is 7.60. The Morgan fingerprint density at radius 2 is 1.94 bits per heavy atom. The van der Waals surface area contributed by atoms with Gasteiger partial charge >= 0.3 is 0 Å². The highest BCUT2D eigenvalue weighted by Gasteiger charge is 2.27. The second kappa shape index (κ2) is 11.0. The molecule has 0 atom stereocenters. The second-order valence-electron chi connectivity index (χ2n) is 10.3. The van der Waals surface area contributed by atoms with Crippen LogP contribution in [0, 0.1) is 11.8 Å². The van der Waals surface area contributed by atoms with Crippen LogP contribution in [0.15, 0.2) is 36.5 Å². The number of ether oxygens (including phenoxy) is 1. The van der Waals surface area contributed by atoms with E-state index < -0.39 is 13.0 Å². The fourth-order valence-corrected chi connectivity index (χ4v) is 5.82. The molecule has 2 aromatic heterocycles. The molecule has 0 radical (unpaired) electrons. The normalized spacial score (nSPS) is 20.6. The van der Waals surface area contributed by atoms with Gasteiger partial charge in [-0.2, -0.15) is 4.98 Å². The molecule has 36 heavy (non-hydrogen) atoms. The fraction of sp³-hybridized carbons (Fsp3) is 0.536. The van der Waals surface area contributed by atoms with Crippen molar-refractivity contribution in [3.8, 4) is 6.01 Å². The van der Waals surface area contributed by atoms with Gasteiger partial charge in [0.15, 0.2) is 12.4 Å². The van der Waals surface area contributed by atoms with Crippen LogP contribution >= 0.6 is 0 Å². The van der Waals surface area contributed by atoms with Crippen LogP contribution in [-0.4, -0.2) is 51.3 Å². The molecule has 1 fully saturated rings. The van der Waals surface area contributed by atoms with Gasteiger partial charge in [-0.25, -0.2) is 8.78 Å². The first-order valence-electron chi connectivity index (χ1n) is 13.0. The number of aromatic nitrogens is 3. The van der Waals surface area contributed by atoms with E-state index in [1.165, 1.54) is 12.8 Å². The first-order valence-corrected chi connectivity index (χ1v) is 13.0. The van der Waals surface area contributed by atoms with Crippen molar-refractivity contribution in [2.75, 3.05) is 19.7 Å². The first-order chi connectivity index (χ1) is 17.5. The van der Waals surface area contributed by atoms with E-state index in [0.29, 0.717) is 18.3 Å². The Balaban J connectivity index is 1.08. The molecule has 1 saturated carbocycles. The van der Waals surface area contributed by atoms with E-state index in [2.05, 4.69) is 14.9 Å². The lowest BCUT2D eigenvalue weighted by atomic mass is 9.78. The largest absolute Gasteiger partial charge is 0.459 e. The van der Waals surface area contributed by atoms with Crippen LogP contribution in [0.25, 0.3) is 10.9 Å². The van der Waals surface area contributed by atoms with Crippen LogP contribution in [0.3, 0.4) is 0 Å². The molecule has 0 unspecified atom stereocenters. The van der Waals surface area contributed by atoms with Crippen LogP contribution in [-0.2, 0) is 20.0 Å². The predicted octanol–water partition coefficient (Wildman–Crippen LogP) is 5.44. The predicted molar refractivity (Wildman–Crippen MR) is 134 cm³/mol. The Hall–Kier alpha value is -2.87. The summed E-state index contributed by atoms with van der Waals surface area (Å²) in [7, 11) is 1.84. The summed E-state index contributed by atoms with van der Waals surface area (Å²) in [5.41, 5.74) is 3.70. The standard InChI is InChI=1S/C28H34F2N4O2/c1-33-25-12-15-34(17-24(25)32-28(33)36-18-27(29)30)14-11-19-7-9-20(10-8-19)16-26(35)22-4-2-6-23-21(22)5-3-13-31-23/h2-6,13,19-20,27H,7-12,14-18H2,1H3. The number of Topliss-reactive ketones (excluding diaryl/α,β-unsaturated/α-hetero) is 1. The number of alkyl halides is 2. The van der Waals surface area contributed by atoms with Crippen molar-refractivity contribution in [3.63, 3.8) is 0 Å². The van der Waals surface area contributed by atoms with Gasteiger partial charge in [-0.05, 0) is 49.8 Å². The van der Waals surface area contributed by atoms with Gasteiger partial charge in [0.05, 0.1) is 11.2 Å². The summed E-state index contributed by atoms with van der Waals surface area (Å²) in [6, 6.07) is 9.96. The number of carbonyl (C=O) groups excluding carboxylic acids is 1. The molecule has 0 saturated heterocycles. The summed E-state index contributed by atoms with van der Waals surface area (Å²) in [5.74, 6) is 1.38. The van der Waals surface area contributed by atoms with E-state index in [-0.39, 0.29) is 11.8 Å². The lowest BCUT2D eigenvalue weighted by Crippen LogP contribution is -2.33. The van der Waals surface area contributed by atoms with Crippen molar-refractivity contribution >= 4 is 16.7 Å². The minimum Gasteiger partial charge on any atom is -0.459 e. The van der Waals surface area contributed by atoms with Crippen molar-refractivity contribution < 1.29 is 18.3 Å². The molecule has 2 aliphatic rings. The summed E-state index contributed by atoms with van der Waals surface area (Å²) in [6.45, 7) is 2.08. The van der Waals surface area contributed by atoms with Crippen LogP contribution in [0.5, 0.6) is 6.01 Å². The Morgan fingerprint density at radius 3 is 2.75 bits per heavy atom. The molecule has 1 aliphatic heterocycles. The van der Waals surface area contributed by atoms with Crippen LogP contribution < -0.4 is 4.74 Å². The third kappa shape index (κ3) is 5.59. The summed E-state index contributed by atoms with van der Waals surface area (Å²) in [5, 5.41) is 0.948. The SMILES string of the molecule is Cn1c(OCC(F)F)nc2c1CCN(CCC1CCC(CC(=O)c3cccc4ncccc34)CC1)C2. The number of carbonyl (C=O) groups is 1. The van der Waals surface area contributed by atoms with Crippen molar-refractivity contribution in [3.05, 3.63) is 53.5 Å². The first kappa shape index (κ1) is 24.8. The van der Waals surface area contributed by atoms with Gasteiger partial charge in [-0.1, -0.05) is 31.0 Å². The average molecular weight is 497 g/mol. The second-order valence-corrected chi connectivity index (χ2v) is 10.3. The molecule has 3 heterocycles. The van der Waals surface area contributed by atoms with E-state index in [9.17, 15) is 13.6 Å². The Bertz CT molecular complexity index is 1200. The van der Waals surface area contributed by atoms with Crippen molar-refractivity contribution in [1.29, 1.82) is 0 Å². The molecule has 1 aromatic carbocycles. The lowest BCUT2D eigenvalue weighted by molar-refractivity contribution is 0.0754. The maximum atomic E-state index is 13.1. The molecule has 0 N–H and O–H groups in total. The van der Waals surface area contributed by atoms with Crippen molar-refractivity contribution in [2.45, 2.75) is 57.9 Å². The molecule has 0 spiro atoms. The van der Waals surface area contributed by atoms with Gasteiger partial charge in [0.1, 0.15) is 0 Å². The number of hydrogen-bond acceptors (Lipinski definition) is 5. The number of pyridine rings is 1. The molecule has 6 nitrogen and oxygen atoms in total. The minimum atomic E-state index is -2.50. The molecule has 0 bridgehead atoms. The highest BCUT2D eigenvalue weighted by Crippen LogP contribution is 2.34. The quantitative estimate of drug-likeness (QED) is 0.369. The Morgan fingerprint density at radius 1 is 1.14 bits per heavy atom. The van der Waals surface area contributed by atoms with Crippen molar-refractivity contribution in [2.24, 2.45) is 18.9 Å². The molecular formula is C28H34F2N4O2. The Labute approximate surface area is 210 Å². The van der Waals surface area contributed by atoms with Gasteiger partial charge in [0, 0.05) is 55.8 Å². The maximum Gasteiger partial charge on any atom is 0.296 e. The van der Waals surface area contributed by atoms with Crippen LogP contribution in [0.4, 0.5) is 8.78 Å². The fourth-order valence-electron chi connectivity index (χ4n) is 5.82. The number of rotatable bonds is 9. The molecule has 0 amide bonds. The summed E-state index contributed by atoms with van der Waals surface area (Å²) in [4.78, 5) is 24.3. The van der Waals surface area contributed by atoms with E-state index in [4.69, 9.17) is 4.74 Å². The average Bonchev–Trinajstić information content (AvgIpc) is 3.21. The number of benzene rings is 1. The highest BCUT2D eigenvalue weighted by atomic mass is 19.3. The molecular weight excluding hydrogens is 462 g/mol. The molecule has 5 rings (SSSR count). The molecule has 8 heteroatoms. The topological polar surface area (TPSA) is 60.2 Å². The number of imidazole rings is 1. The monoisotopic (exact) mass is 496 g/mol. The van der Waals surface area contributed by atoms with Crippen molar-refractivity contribution in [1.82, 2.24) is 19.4 Å². The van der Waals surface area contributed by atoms with E-state index >= 15 is 0 Å². The van der Waals surface area contributed by atoms with Gasteiger partial charge in [-0.15, -0.1) is 0 Å². The zero-order valence-corrected chi connectivity index (χ0v) is 20.8. The number of nitrogens with zero attached hydrogens (tertiary/aromatic N) is 4. The van der Waals surface area contributed by atoms with Gasteiger partial charge in [-0.3, -0.25) is 14.7 Å². The van der Waals surface area contributed by atoms with Crippen LogP contribution in [0.1, 0.15) is 60.3 Å². The third-order valence-electron chi connectivity index (χ3n) is 7.87. The zero-order chi connectivity index (χ0) is 25.1. The zero-order valence-electron chi connectivity index (χ0n) is 20.8. The number of ketones is 1. The van der Waals surface area contributed by atoms with Gasteiger partial charge < -0.3 is 9.30 Å². The molecule has 3 aromatic rings. The summed E-state index contributed by atoms with van der Waals surface area (Å²) in [6.07, 6.45) is 6.43. The molecule has 1 aliphatic carbocycles. The lowest BCUT2D eigenvalue weighted by Gasteiger charge is -2.31. The number of hydrogen-bond donors (Lipinski definition) is 0. The van der Waals surface area contributed by atoms with Gasteiger partial charge in [0.2, 0.25) is 0 Å². The number of halogens is 2. The van der Waals surface area contributed by atoms with E-state index in [1.807, 2.05) is 41.9 Å². The smallest absolute Gasteiger partial charge is 0.296 e. The number of fused-ring (bicyclic) bond motifs is 2. The van der Waals surface area contributed by atoms with Gasteiger partial charge in [0.25, 0.3) is 12.4 Å². The summed E-state index contributed by atoms with van der Waals surface area (Å²) >= 11 is 0. The summed E-state index contributed by atoms with van der Waals surface area (Å²) < 4.78 is 32.0. The maximum absolute atomic E-state index is 13.1. The van der Waals surface area contributed by atoms with E-state index in [1.54, 1.807) is 6.20 Å². The molecule has 192 valence electrons. The van der Waals surface area contributed by atoms with E-state index in [0.717, 1.165) is 73.2 Å². The minimum absolute atomic E-state index is 0.230. The van der Waals surface area contributed by atoms with Crippen LogP contribution in [0.2, 0.25) is 0 Å².